The minimum atomic E-state index is 0.689. The van der Waals surface area contributed by atoms with E-state index in [2.05, 4.69) is 86.4 Å². The van der Waals surface area contributed by atoms with Crippen LogP contribution < -0.4 is 0 Å². The molecular weight excluding hydrogens is 432 g/mol. The summed E-state index contributed by atoms with van der Waals surface area (Å²) in [6.45, 7) is 4.56. The lowest BCUT2D eigenvalue weighted by Gasteiger charge is -2.29. The number of allylic oxidation sites excluding steroid dienone is 2. The largest absolute Gasteiger partial charge is 0.0730 e. The molecule has 0 unspecified atom stereocenters. The van der Waals surface area contributed by atoms with E-state index in [1.54, 1.807) is 5.56 Å². The highest BCUT2D eigenvalue weighted by Gasteiger charge is 2.22. The molecule has 2 aromatic rings. The average Bonchev–Trinajstić information content (AvgIpc) is 2.93. The lowest BCUT2D eigenvalue weighted by atomic mass is 9.77. The predicted molar refractivity (Wildman–Crippen MR) is 156 cm³/mol. The first-order valence-electron chi connectivity index (χ1n) is 15.1. The van der Waals surface area contributed by atoms with Gasteiger partial charge in [0.1, 0.15) is 0 Å². The van der Waals surface area contributed by atoms with Crippen LogP contribution in [0, 0.1) is 23.7 Å². The maximum absolute atomic E-state index is 3.36. The van der Waals surface area contributed by atoms with Crippen molar-refractivity contribution < 1.29 is 0 Å². The lowest BCUT2D eigenvalue weighted by molar-refractivity contribution is 0.303. The molecule has 0 radical (unpaired) electrons. The molecule has 2 saturated carbocycles. The van der Waals surface area contributed by atoms with Gasteiger partial charge in [-0.1, -0.05) is 100 Å². The fourth-order valence-corrected chi connectivity index (χ4v) is 6.51. The zero-order valence-corrected chi connectivity index (χ0v) is 23.0. The number of hydrogen-bond acceptors (Lipinski definition) is 0. The summed E-state index contributed by atoms with van der Waals surface area (Å²) >= 11 is 0. The van der Waals surface area contributed by atoms with Gasteiger partial charge in [-0.05, 0) is 116 Å². The molecule has 0 spiro atoms. The highest BCUT2D eigenvalue weighted by molar-refractivity contribution is 5.39. The molecule has 4 rings (SSSR count). The molecule has 192 valence electrons. The second-order valence-corrected chi connectivity index (χ2v) is 11.6. The first-order valence-corrected chi connectivity index (χ1v) is 15.1. The van der Waals surface area contributed by atoms with Crippen LogP contribution in [0.25, 0.3) is 0 Å². The van der Waals surface area contributed by atoms with Crippen LogP contribution in [0.5, 0.6) is 0 Å². The van der Waals surface area contributed by atoms with E-state index in [9.17, 15) is 0 Å². The van der Waals surface area contributed by atoms with E-state index in [0.717, 1.165) is 23.3 Å². The summed E-state index contributed by atoms with van der Waals surface area (Å²) < 4.78 is 0. The average molecular weight is 481 g/mol. The second kappa shape index (κ2) is 14.5. The van der Waals surface area contributed by atoms with Gasteiger partial charge >= 0.3 is 0 Å². The summed E-state index contributed by atoms with van der Waals surface area (Å²) in [6, 6.07) is 18.6. The van der Waals surface area contributed by atoms with Gasteiger partial charge < -0.3 is 0 Å². The van der Waals surface area contributed by atoms with E-state index in [1.807, 2.05) is 0 Å². The van der Waals surface area contributed by atoms with Gasteiger partial charge in [0.2, 0.25) is 0 Å². The number of aryl methyl sites for hydroxylation is 1. The van der Waals surface area contributed by atoms with Crippen LogP contribution in [0.4, 0.5) is 0 Å². The number of rotatable bonds is 9. The molecule has 0 N–H and O–H groups in total. The zero-order chi connectivity index (χ0) is 25.0. The van der Waals surface area contributed by atoms with Crippen molar-refractivity contribution in [2.75, 3.05) is 0 Å². The maximum Gasteiger partial charge on any atom is 0.0249 e. The van der Waals surface area contributed by atoms with E-state index in [4.69, 9.17) is 0 Å². The second-order valence-electron chi connectivity index (χ2n) is 11.6. The summed E-state index contributed by atoms with van der Waals surface area (Å²) in [4.78, 5) is 0. The molecular formula is C36H48. The third kappa shape index (κ3) is 8.13. The highest BCUT2D eigenvalue weighted by atomic mass is 14.3. The SMILES string of the molecule is CCCCCC1CCC(c2ccc(C#C/C=C/C3CCC(c4ccc(CCC)cc4)CC3)cc2)CC1. The van der Waals surface area contributed by atoms with Crippen molar-refractivity contribution in [1.29, 1.82) is 0 Å². The molecule has 2 aliphatic rings. The van der Waals surface area contributed by atoms with Gasteiger partial charge in [-0.2, -0.15) is 0 Å². The fourth-order valence-electron chi connectivity index (χ4n) is 6.51. The third-order valence-corrected chi connectivity index (χ3v) is 8.87. The Bertz CT molecular complexity index is 965. The zero-order valence-electron chi connectivity index (χ0n) is 23.0. The number of hydrogen-bond donors (Lipinski definition) is 0. The smallest absolute Gasteiger partial charge is 0.0249 e. The highest BCUT2D eigenvalue weighted by Crippen LogP contribution is 2.38. The van der Waals surface area contributed by atoms with Crippen molar-refractivity contribution in [1.82, 2.24) is 0 Å². The summed E-state index contributed by atoms with van der Waals surface area (Å²) in [5.41, 5.74) is 5.69. The molecule has 0 atom stereocenters. The Labute approximate surface area is 222 Å². The van der Waals surface area contributed by atoms with Crippen molar-refractivity contribution >= 4 is 0 Å². The minimum Gasteiger partial charge on any atom is -0.0730 e. The monoisotopic (exact) mass is 480 g/mol. The van der Waals surface area contributed by atoms with Crippen LogP contribution in [0.3, 0.4) is 0 Å². The Hall–Kier alpha value is -2.26. The molecule has 0 nitrogen and oxygen atoms in total. The molecule has 0 aromatic heterocycles. The third-order valence-electron chi connectivity index (χ3n) is 8.87. The molecule has 0 heteroatoms. The minimum absolute atomic E-state index is 0.689. The Morgan fingerprint density at radius 3 is 1.92 bits per heavy atom. The first-order chi connectivity index (χ1) is 17.7. The van der Waals surface area contributed by atoms with Gasteiger partial charge in [0.25, 0.3) is 0 Å². The van der Waals surface area contributed by atoms with Gasteiger partial charge in [-0.25, -0.2) is 0 Å². The van der Waals surface area contributed by atoms with Gasteiger partial charge in [0, 0.05) is 5.56 Å². The molecule has 0 aliphatic heterocycles. The Kier molecular flexibility index (Phi) is 10.8. The molecule has 2 aromatic carbocycles. The molecule has 36 heavy (non-hydrogen) atoms. The Morgan fingerprint density at radius 1 is 0.694 bits per heavy atom. The van der Waals surface area contributed by atoms with E-state index >= 15 is 0 Å². The van der Waals surface area contributed by atoms with Gasteiger partial charge in [-0.3, -0.25) is 0 Å². The van der Waals surface area contributed by atoms with E-state index in [1.165, 1.54) is 101 Å². The van der Waals surface area contributed by atoms with Crippen LogP contribution in [0.15, 0.2) is 60.7 Å². The van der Waals surface area contributed by atoms with E-state index in [0.29, 0.717) is 5.92 Å². The van der Waals surface area contributed by atoms with Crippen molar-refractivity contribution in [2.24, 2.45) is 11.8 Å². The molecule has 0 heterocycles. The predicted octanol–water partition coefficient (Wildman–Crippen LogP) is 10.4. The molecule has 0 saturated heterocycles. The Balaban J connectivity index is 1.18. The lowest BCUT2D eigenvalue weighted by Crippen LogP contribution is -2.13. The fraction of sp³-hybridized carbons (Fsp3) is 0.556. The van der Waals surface area contributed by atoms with Gasteiger partial charge in [-0.15, -0.1) is 0 Å². The van der Waals surface area contributed by atoms with Crippen LogP contribution >= 0.6 is 0 Å². The van der Waals surface area contributed by atoms with Crippen LogP contribution in [-0.4, -0.2) is 0 Å². The topological polar surface area (TPSA) is 0 Å². The van der Waals surface area contributed by atoms with Gasteiger partial charge in [0.05, 0.1) is 0 Å². The maximum atomic E-state index is 3.36. The summed E-state index contributed by atoms with van der Waals surface area (Å²) in [5.74, 6) is 9.85. The van der Waals surface area contributed by atoms with E-state index < -0.39 is 0 Å². The van der Waals surface area contributed by atoms with Crippen molar-refractivity contribution in [3.05, 3.63) is 82.9 Å². The standard InChI is InChI=1S/C36H48/c1-3-5-6-10-30-15-23-35(24-16-30)36-27-19-32(20-28-36)12-8-7-11-31-17-25-34(26-18-31)33-21-13-29(9-4-2)14-22-33/h7,11,13-14,19-22,27-28,30-31,34-35H,3-6,9-10,15-18,23-26H2,1-2H3/b11-7+. The molecule has 2 fully saturated rings. The van der Waals surface area contributed by atoms with Crippen LogP contribution in [-0.2, 0) is 6.42 Å². The van der Waals surface area contributed by atoms with Crippen molar-refractivity contribution in [3.63, 3.8) is 0 Å². The summed E-state index contributed by atoms with van der Waals surface area (Å²) in [6.07, 6.45) is 23.3. The van der Waals surface area contributed by atoms with Gasteiger partial charge in [0.15, 0.2) is 0 Å². The molecule has 2 aliphatic carbocycles. The quantitative estimate of drug-likeness (QED) is 0.247. The summed E-state index contributed by atoms with van der Waals surface area (Å²) in [5, 5.41) is 0. The van der Waals surface area contributed by atoms with Crippen LogP contribution in [0.2, 0.25) is 0 Å². The summed E-state index contributed by atoms with van der Waals surface area (Å²) in [7, 11) is 0. The Morgan fingerprint density at radius 2 is 1.31 bits per heavy atom. The number of benzene rings is 2. The van der Waals surface area contributed by atoms with Crippen LogP contribution in [0.1, 0.15) is 131 Å². The molecule has 0 amide bonds. The van der Waals surface area contributed by atoms with E-state index in [-0.39, 0.29) is 0 Å². The van der Waals surface area contributed by atoms with Crippen molar-refractivity contribution in [2.45, 2.75) is 116 Å². The first kappa shape index (κ1) is 26.8. The molecule has 0 bridgehead atoms. The normalized spacial score (nSPS) is 24.4. The number of unbranched alkanes of at least 4 members (excludes halogenated alkanes) is 2. The van der Waals surface area contributed by atoms with Crippen molar-refractivity contribution in [3.8, 4) is 11.8 Å².